The van der Waals surface area contributed by atoms with Crippen molar-refractivity contribution in [3.63, 3.8) is 0 Å². The number of nitrogens with one attached hydrogen (secondary N) is 1. The van der Waals surface area contributed by atoms with Crippen LogP contribution in [0.1, 0.15) is 16.1 Å². The molecule has 0 atom stereocenters. The van der Waals surface area contributed by atoms with E-state index in [0.29, 0.717) is 28.6 Å². The fraction of sp³-hybridized carbons (Fsp3) is 0.0690. The molecule has 5 rings (SSSR count). The molecule has 0 bridgehead atoms. The molecule has 3 aromatic heterocycles. The zero-order chi connectivity index (χ0) is 28.2. The van der Waals surface area contributed by atoms with E-state index in [1.54, 1.807) is 73.3 Å². The minimum absolute atomic E-state index is 0.0131. The van der Waals surface area contributed by atoms with Crippen LogP contribution in [0, 0.1) is 6.92 Å². The minimum atomic E-state index is -1.19. The quantitative estimate of drug-likeness (QED) is 0.295. The number of hydrogen-bond acceptors (Lipinski definition) is 6. The first-order valence-electron chi connectivity index (χ1n) is 12.2. The van der Waals surface area contributed by atoms with Crippen molar-refractivity contribution in [3.05, 3.63) is 119 Å². The molecule has 11 nitrogen and oxygen atoms in total. The Morgan fingerprint density at radius 3 is 2.27 bits per heavy atom. The number of anilines is 3. The van der Waals surface area contributed by atoms with Crippen molar-refractivity contribution in [2.45, 2.75) is 6.92 Å². The van der Waals surface area contributed by atoms with Gasteiger partial charge in [0.05, 0.1) is 23.3 Å². The summed E-state index contributed by atoms with van der Waals surface area (Å²) in [5.74, 6) is 0.490. The average Bonchev–Trinajstić information content (AvgIpc) is 3.18. The molecule has 0 unspecified atom stereocenters. The van der Waals surface area contributed by atoms with Crippen LogP contribution < -0.4 is 20.5 Å². The fourth-order valence-electron chi connectivity index (χ4n) is 4.16. The molecule has 200 valence electrons. The predicted octanol–water partition coefficient (Wildman–Crippen LogP) is 5.14. The molecule has 11 heteroatoms. The highest BCUT2D eigenvalue weighted by Crippen LogP contribution is 2.29. The van der Waals surface area contributed by atoms with E-state index in [-0.39, 0.29) is 17.2 Å². The maximum Gasteiger partial charge on any atom is 0.417 e. The summed E-state index contributed by atoms with van der Waals surface area (Å²) < 4.78 is 8.90. The van der Waals surface area contributed by atoms with Crippen molar-refractivity contribution in [2.24, 2.45) is 7.05 Å². The number of hydrogen-bond donors (Lipinski definition) is 2. The molecule has 2 N–H and O–H groups in total. The van der Waals surface area contributed by atoms with Gasteiger partial charge >= 0.3 is 6.09 Å². The Balaban J connectivity index is 1.32. The van der Waals surface area contributed by atoms with Gasteiger partial charge in [-0.2, -0.15) is 0 Å². The third-order valence-electron chi connectivity index (χ3n) is 6.15. The Kier molecular flexibility index (Phi) is 7.10. The van der Waals surface area contributed by atoms with E-state index in [9.17, 15) is 19.5 Å². The van der Waals surface area contributed by atoms with Crippen molar-refractivity contribution < 1.29 is 19.4 Å². The van der Waals surface area contributed by atoms with Crippen LogP contribution in [-0.2, 0) is 7.05 Å². The van der Waals surface area contributed by atoms with Gasteiger partial charge in [0.25, 0.3) is 11.5 Å². The molecular formula is C29H24N6O5. The summed E-state index contributed by atoms with van der Waals surface area (Å²) >= 11 is 0. The Labute approximate surface area is 228 Å². The third kappa shape index (κ3) is 5.16. The van der Waals surface area contributed by atoms with Crippen molar-refractivity contribution >= 4 is 29.3 Å². The number of ether oxygens (including phenoxy) is 1. The van der Waals surface area contributed by atoms with Crippen molar-refractivity contribution in [2.75, 3.05) is 10.2 Å². The molecule has 2 aromatic carbocycles. The molecule has 0 radical (unpaired) electrons. The van der Waals surface area contributed by atoms with E-state index < -0.39 is 17.6 Å². The molecule has 0 spiro atoms. The number of pyridine rings is 2. The molecule has 0 aliphatic carbocycles. The Morgan fingerprint density at radius 2 is 1.62 bits per heavy atom. The zero-order valence-corrected chi connectivity index (χ0v) is 21.6. The lowest BCUT2D eigenvalue weighted by Gasteiger charge is -2.18. The molecule has 0 saturated heterocycles. The van der Waals surface area contributed by atoms with Crippen LogP contribution in [-0.4, -0.2) is 36.4 Å². The summed E-state index contributed by atoms with van der Waals surface area (Å²) in [7, 11) is 1.71. The molecule has 0 fully saturated rings. The number of carbonyl (C=O) groups is 2. The van der Waals surface area contributed by atoms with Crippen molar-refractivity contribution in [1.82, 2.24) is 19.3 Å². The van der Waals surface area contributed by atoms with Crippen LogP contribution in [0.15, 0.2) is 102 Å². The normalized spacial score (nSPS) is 10.7. The second-order valence-electron chi connectivity index (χ2n) is 8.68. The predicted molar refractivity (Wildman–Crippen MR) is 149 cm³/mol. The maximum atomic E-state index is 13.1. The Bertz CT molecular complexity index is 1730. The van der Waals surface area contributed by atoms with Crippen LogP contribution in [0.5, 0.6) is 11.5 Å². The lowest BCUT2D eigenvalue weighted by molar-refractivity contribution is 0.102. The fourth-order valence-corrected chi connectivity index (χ4v) is 4.16. The van der Waals surface area contributed by atoms with Gasteiger partial charge in [-0.1, -0.05) is 36.4 Å². The van der Waals surface area contributed by atoms with Crippen molar-refractivity contribution in [3.8, 4) is 17.2 Å². The number of carboxylic acid groups (broad SMARTS) is 1. The van der Waals surface area contributed by atoms with Gasteiger partial charge in [0.15, 0.2) is 0 Å². The lowest BCUT2D eigenvalue weighted by Crippen LogP contribution is -2.25. The van der Waals surface area contributed by atoms with E-state index in [2.05, 4.69) is 15.3 Å². The molecule has 5 aromatic rings. The second-order valence-corrected chi connectivity index (χ2v) is 8.68. The standard InChI is InChI=1S/C29H24N6O5/c1-19-26(28(37)35(33(19)2)21-11-7-4-8-12-21)27(36)32-24-14-13-23(18-31-24)40-22-15-16-30-25(17-22)34(29(38)39)20-9-5-3-6-10-20/h3-18H,1-2H3,(H,38,39)(H,31,32,36). The summed E-state index contributed by atoms with van der Waals surface area (Å²) in [4.78, 5) is 47.5. The first-order chi connectivity index (χ1) is 19.3. The first kappa shape index (κ1) is 25.9. The number of benzene rings is 2. The van der Waals surface area contributed by atoms with E-state index in [1.807, 2.05) is 18.2 Å². The van der Waals surface area contributed by atoms with Gasteiger partial charge in [0.1, 0.15) is 28.7 Å². The summed E-state index contributed by atoms with van der Waals surface area (Å²) in [6.07, 6.45) is 1.65. The molecule has 2 amide bonds. The number of aromatic nitrogens is 4. The van der Waals surface area contributed by atoms with E-state index >= 15 is 0 Å². The molecule has 3 heterocycles. The highest BCUT2D eigenvalue weighted by Gasteiger charge is 2.23. The van der Waals surface area contributed by atoms with Gasteiger partial charge in [-0.3, -0.25) is 14.3 Å². The Hall–Kier alpha value is -5.71. The van der Waals surface area contributed by atoms with Gasteiger partial charge in [0, 0.05) is 19.3 Å². The summed E-state index contributed by atoms with van der Waals surface area (Å²) in [6.45, 7) is 1.70. The molecule has 40 heavy (non-hydrogen) atoms. The first-order valence-corrected chi connectivity index (χ1v) is 12.2. The van der Waals surface area contributed by atoms with Crippen LogP contribution in [0.3, 0.4) is 0 Å². The van der Waals surface area contributed by atoms with Crippen LogP contribution in [0.25, 0.3) is 5.69 Å². The lowest BCUT2D eigenvalue weighted by atomic mass is 10.2. The minimum Gasteiger partial charge on any atom is -0.464 e. The number of amides is 2. The summed E-state index contributed by atoms with van der Waals surface area (Å²) in [5, 5.41) is 12.4. The highest BCUT2D eigenvalue weighted by atomic mass is 16.5. The second kappa shape index (κ2) is 11.0. The van der Waals surface area contributed by atoms with E-state index in [4.69, 9.17) is 4.74 Å². The van der Waals surface area contributed by atoms with Crippen LogP contribution in [0.4, 0.5) is 22.1 Å². The van der Waals surface area contributed by atoms with Gasteiger partial charge in [-0.05, 0) is 49.4 Å². The molecular weight excluding hydrogens is 512 g/mol. The van der Waals surface area contributed by atoms with Gasteiger partial charge in [0.2, 0.25) is 0 Å². The monoisotopic (exact) mass is 536 g/mol. The van der Waals surface area contributed by atoms with E-state index in [1.165, 1.54) is 29.2 Å². The van der Waals surface area contributed by atoms with E-state index in [0.717, 1.165) is 4.90 Å². The number of rotatable bonds is 7. The maximum absolute atomic E-state index is 13.1. The largest absolute Gasteiger partial charge is 0.464 e. The highest BCUT2D eigenvalue weighted by molar-refractivity contribution is 6.04. The SMILES string of the molecule is Cc1c(C(=O)Nc2ccc(Oc3ccnc(N(C(=O)O)c4ccccc4)c3)cn2)c(=O)n(-c2ccccc2)n1C. The number of carbonyl (C=O) groups excluding carboxylic acids is 1. The summed E-state index contributed by atoms with van der Waals surface area (Å²) in [6, 6.07) is 23.8. The van der Waals surface area contributed by atoms with Crippen molar-refractivity contribution in [1.29, 1.82) is 0 Å². The van der Waals surface area contributed by atoms with Crippen LogP contribution in [0.2, 0.25) is 0 Å². The van der Waals surface area contributed by atoms with Gasteiger partial charge in [-0.25, -0.2) is 24.3 Å². The smallest absolute Gasteiger partial charge is 0.417 e. The zero-order valence-electron chi connectivity index (χ0n) is 21.6. The topological polar surface area (TPSA) is 132 Å². The van der Waals surface area contributed by atoms with Gasteiger partial charge < -0.3 is 15.2 Å². The Morgan fingerprint density at radius 1 is 0.925 bits per heavy atom. The third-order valence-corrected chi connectivity index (χ3v) is 6.15. The number of para-hydroxylation sites is 2. The molecule has 0 saturated carbocycles. The average molecular weight is 537 g/mol. The molecule has 0 aliphatic rings. The number of nitrogens with zero attached hydrogens (tertiary/aromatic N) is 5. The summed E-state index contributed by atoms with van der Waals surface area (Å²) in [5.41, 5.74) is 1.16. The molecule has 0 aliphatic heterocycles. The van der Waals surface area contributed by atoms with Crippen LogP contribution >= 0.6 is 0 Å². The van der Waals surface area contributed by atoms with Gasteiger partial charge in [-0.15, -0.1) is 0 Å².